The molecule has 0 unspecified atom stereocenters. The van der Waals surface area contributed by atoms with Crippen molar-refractivity contribution in [2.24, 2.45) is 7.05 Å². The molecule has 0 saturated carbocycles. The highest BCUT2D eigenvalue weighted by molar-refractivity contribution is 6.31. The summed E-state index contributed by atoms with van der Waals surface area (Å²) < 4.78 is 15.8. The molecule has 0 saturated heterocycles. The van der Waals surface area contributed by atoms with E-state index in [2.05, 4.69) is 5.10 Å². The van der Waals surface area contributed by atoms with Crippen LogP contribution in [0.15, 0.2) is 47.3 Å². The second-order valence-electron chi connectivity index (χ2n) is 6.11. The number of hydrogen-bond donors (Lipinski definition) is 1. The van der Waals surface area contributed by atoms with E-state index in [9.17, 15) is 14.3 Å². The summed E-state index contributed by atoms with van der Waals surface area (Å²) in [7, 11) is 1.46. The van der Waals surface area contributed by atoms with Crippen LogP contribution in [0.4, 0.5) is 4.39 Å². The van der Waals surface area contributed by atoms with E-state index < -0.39 is 11.4 Å². The van der Waals surface area contributed by atoms with Crippen LogP contribution in [0.25, 0.3) is 11.1 Å². The van der Waals surface area contributed by atoms with E-state index in [0.717, 1.165) is 10.2 Å². The fourth-order valence-electron chi connectivity index (χ4n) is 3.01. The first-order chi connectivity index (χ1) is 12.4. The third kappa shape index (κ3) is 3.35. The van der Waals surface area contributed by atoms with Crippen molar-refractivity contribution in [3.8, 4) is 16.9 Å². The Morgan fingerprint density at radius 2 is 1.81 bits per heavy atom. The highest BCUT2D eigenvalue weighted by atomic mass is 35.5. The Morgan fingerprint density at radius 3 is 2.50 bits per heavy atom. The molecule has 0 aliphatic rings. The lowest BCUT2D eigenvalue weighted by Gasteiger charge is -2.15. The van der Waals surface area contributed by atoms with E-state index in [1.807, 2.05) is 30.3 Å². The minimum atomic E-state index is -0.601. The number of nitrogens with zero attached hydrogens (tertiary/aromatic N) is 2. The first-order valence-electron chi connectivity index (χ1n) is 8.18. The van der Waals surface area contributed by atoms with Gasteiger partial charge in [0.05, 0.1) is 5.56 Å². The average molecular weight is 373 g/mol. The molecular formula is C20H18ClFN2O2. The minimum Gasteiger partial charge on any atom is -0.505 e. The zero-order valence-electron chi connectivity index (χ0n) is 14.5. The fraction of sp³-hybridized carbons (Fsp3) is 0.200. The highest BCUT2D eigenvalue weighted by Gasteiger charge is 2.23. The number of aromatic nitrogens is 2. The summed E-state index contributed by atoms with van der Waals surface area (Å²) in [6, 6.07) is 12.4. The zero-order chi connectivity index (χ0) is 18.8. The van der Waals surface area contributed by atoms with Crippen LogP contribution in [0.5, 0.6) is 5.75 Å². The van der Waals surface area contributed by atoms with E-state index >= 15 is 0 Å². The number of hydrogen-bond acceptors (Lipinski definition) is 3. The van der Waals surface area contributed by atoms with E-state index in [0.29, 0.717) is 23.4 Å². The SMILES string of the molecule is Cc1nn(C)c(=O)c(-c2c(F)ccc(Cl)c2CCc2ccccc2)c1O. The molecule has 0 fully saturated rings. The van der Waals surface area contributed by atoms with Crippen LogP contribution >= 0.6 is 11.6 Å². The summed E-state index contributed by atoms with van der Waals surface area (Å²) >= 11 is 6.33. The Balaban J connectivity index is 2.17. The normalized spacial score (nSPS) is 10.9. The minimum absolute atomic E-state index is 0.0389. The van der Waals surface area contributed by atoms with Crippen molar-refractivity contribution in [2.75, 3.05) is 0 Å². The van der Waals surface area contributed by atoms with Crippen LogP contribution in [-0.2, 0) is 19.9 Å². The molecular weight excluding hydrogens is 355 g/mol. The quantitative estimate of drug-likeness (QED) is 0.752. The van der Waals surface area contributed by atoms with Crippen molar-refractivity contribution in [1.82, 2.24) is 9.78 Å². The third-order valence-electron chi connectivity index (χ3n) is 4.35. The molecule has 0 amide bonds. The largest absolute Gasteiger partial charge is 0.505 e. The van der Waals surface area contributed by atoms with Crippen molar-refractivity contribution < 1.29 is 9.50 Å². The summed E-state index contributed by atoms with van der Waals surface area (Å²) in [5.41, 5.74) is 1.17. The maximum Gasteiger partial charge on any atom is 0.278 e. The summed E-state index contributed by atoms with van der Waals surface area (Å²) in [4.78, 5) is 12.6. The maximum atomic E-state index is 14.7. The summed E-state index contributed by atoms with van der Waals surface area (Å²) in [6.45, 7) is 1.56. The molecule has 0 aliphatic heterocycles. The molecule has 1 aromatic heterocycles. The van der Waals surface area contributed by atoms with Crippen molar-refractivity contribution in [3.63, 3.8) is 0 Å². The third-order valence-corrected chi connectivity index (χ3v) is 4.70. The standard InChI is InChI=1S/C20H18ClFN2O2/c1-12-19(25)18(20(26)24(2)23-12)17-14(15(21)10-11-16(17)22)9-8-13-6-4-3-5-7-13/h3-7,10-11,25H,8-9H2,1-2H3. The molecule has 6 heteroatoms. The van der Waals surface area contributed by atoms with Gasteiger partial charge in [0, 0.05) is 17.6 Å². The van der Waals surface area contributed by atoms with Crippen LogP contribution in [0, 0.1) is 12.7 Å². The number of halogens is 2. The molecule has 4 nitrogen and oxygen atoms in total. The van der Waals surface area contributed by atoms with Gasteiger partial charge >= 0.3 is 0 Å². The Kier molecular flexibility index (Phi) is 5.09. The maximum absolute atomic E-state index is 14.7. The summed E-state index contributed by atoms with van der Waals surface area (Å²) in [6.07, 6.45) is 1.06. The Labute approximate surface area is 155 Å². The van der Waals surface area contributed by atoms with Crippen LogP contribution in [0.1, 0.15) is 16.8 Å². The zero-order valence-corrected chi connectivity index (χ0v) is 15.2. The van der Waals surface area contributed by atoms with Gasteiger partial charge in [-0.1, -0.05) is 41.9 Å². The van der Waals surface area contributed by atoms with Gasteiger partial charge in [0.25, 0.3) is 5.56 Å². The molecule has 0 spiro atoms. The van der Waals surface area contributed by atoms with Gasteiger partial charge in [-0.15, -0.1) is 0 Å². The predicted molar refractivity (Wildman–Crippen MR) is 100 cm³/mol. The van der Waals surface area contributed by atoms with E-state index in [1.165, 1.54) is 19.2 Å². The van der Waals surface area contributed by atoms with E-state index in [4.69, 9.17) is 11.6 Å². The van der Waals surface area contributed by atoms with Gasteiger partial charge in [-0.25, -0.2) is 9.07 Å². The van der Waals surface area contributed by atoms with Gasteiger partial charge < -0.3 is 5.11 Å². The number of aromatic hydroxyl groups is 1. The van der Waals surface area contributed by atoms with E-state index in [-0.39, 0.29) is 22.6 Å². The van der Waals surface area contributed by atoms with Gasteiger partial charge in [-0.2, -0.15) is 5.10 Å². The predicted octanol–water partition coefficient (Wildman–Crippen LogP) is 4.04. The van der Waals surface area contributed by atoms with Gasteiger partial charge in [0.2, 0.25) is 0 Å². The van der Waals surface area contributed by atoms with Crippen molar-refractivity contribution >= 4 is 11.6 Å². The first-order valence-corrected chi connectivity index (χ1v) is 8.56. The lowest BCUT2D eigenvalue weighted by molar-refractivity contribution is 0.460. The Hall–Kier alpha value is -2.66. The van der Waals surface area contributed by atoms with Gasteiger partial charge in [-0.3, -0.25) is 4.79 Å². The molecule has 134 valence electrons. The van der Waals surface area contributed by atoms with Crippen molar-refractivity contribution in [1.29, 1.82) is 0 Å². The van der Waals surface area contributed by atoms with Crippen molar-refractivity contribution in [3.05, 3.63) is 80.5 Å². The Morgan fingerprint density at radius 1 is 1.12 bits per heavy atom. The smallest absolute Gasteiger partial charge is 0.278 e. The summed E-state index contributed by atoms with van der Waals surface area (Å²) in [5.74, 6) is -0.925. The second kappa shape index (κ2) is 7.30. The number of aryl methyl sites for hydroxylation is 3. The molecule has 1 heterocycles. The highest BCUT2D eigenvalue weighted by Crippen LogP contribution is 2.36. The Bertz CT molecular complexity index is 1020. The van der Waals surface area contributed by atoms with Crippen molar-refractivity contribution in [2.45, 2.75) is 19.8 Å². The lowest BCUT2D eigenvalue weighted by atomic mass is 9.94. The van der Waals surface area contributed by atoms with Crippen LogP contribution in [-0.4, -0.2) is 14.9 Å². The fourth-order valence-corrected chi connectivity index (χ4v) is 3.26. The first kappa shape index (κ1) is 18.1. The van der Waals surface area contributed by atoms with Gasteiger partial charge in [0.15, 0.2) is 5.75 Å². The van der Waals surface area contributed by atoms with Crippen LogP contribution in [0.2, 0.25) is 5.02 Å². The molecule has 3 aromatic rings. The molecule has 1 N–H and O–H groups in total. The topological polar surface area (TPSA) is 55.1 Å². The van der Waals surface area contributed by atoms with E-state index in [1.54, 1.807) is 6.92 Å². The lowest BCUT2D eigenvalue weighted by Crippen LogP contribution is -2.23. The molecule has 0 radical (unpaired) electrons. The molecule has 0 atom stereocenters. The molecule has 0 aliphatic carbocycles. The molecule has 3 rings (SSSR count). The van der Waals surface area contributed by atoms with Crippen LogP contribution < -0.4 is 5.56 Å². The molecule has 2 aromatic carbocycles. The molecule has 0 bridgehead atoms. The number of rotatable bonds is 4. The van der Waals surface area contributed by atoms with Gasteiger partial charge in [0.1, 0.15) is 11.5 Å². The van der Waals surface area contributed by atoms with Gasteiger partial charge in [-0.05, 0) is 43.0 Å². The number of benzene rings is 2. The summed E-state index contributed by atoms with van der Waals surface area (Å²) in [5, 5.41) is 14.7. The van der Waals surface area contributed by atoms with Crippen LogP contribution in [0.3, 0.4) is 0 Å². The average Bonchev–Trinajstić information content (AvgIpc) is 2.63. The monoisotopic (exact) mass is 372 g/mol. The second-order valence-corrected chi connectivity index (χ2v) is 6.51. The molecule has 26 heavy (non-hydrogen) atoms.